The van der Waals surface area contributed by atoms with Gasteiger partial charge in [0.05, 0.1) is 23.7 Å². The third-order valence-corrected chi connectivity index (χ3v) is 6.51. The monoisotopic (exact) mass is 442 g/mol. The van der Waals surface area contributed by atoms with Gasteiger partial charge in [0.25, 0.3) is 10.0 Å². The molecule has 0 aliphatic rings. The number of sulfonamides is 1. The molecule has 0 bridgehead atoms. The van der Waals surface area contributed by atoms with E-state index in [1.807, 2.05) is 0 Å². The lowest BCUT2D eigenvalue weighted by Gasteiger charge is -2.25. The molecular weight excluding hydrogens is 419 g/mol. The lowest BCUT2D eigenvalue weighted by molar-refractivity contribution is -0.120. The Balaban J connectivity index is 1.86. The first-order valence-electron chi connectivity index (χ1n) is 9.58. The van der Waals surface area contributed by atoms with Crippen molar-refractivity contribution >= 4 is 21.6 Å². The Morgan fingerprint density at radius 1 is 1.00 bits per heavy atom. The third kappa shape index (κ3) is 5.21. The van der Waals surface area contributed by atoms with E-state index in [1.165, 1.54) is 30.3 Å². The molecule has 1 atom stereocenters. The summed E-state index contributed by atoms with van der Waals surface area (Å²) < 4.78 is 46.8. The van der Waals surface area contributed by atoms with Gasteiger partial charge in [0, 0.05) is 0 Å². The van der Waals surface area contributed by atoms with Gasteiger partial charge in [-0.15, -0.1) is 0 Å². The van der Waals surface area contributed by atoms with Crippen LogP contribution in [0.2, 0.25) is 0 Å². The van der Waals surface area contributed by atoms with Crippen LogP contribution in [0.1, 0.15) is 18.5 Å². The highest BCUT2D eigenvalue weighted by atomic mass is 32.2. The molecule has 0 saturated carbocycles. The second-order valence-corrected chi connectivity index (χ2v) is 8.70. The van der Waals surface area contributed by atoms with Crippen LogP contribution >= 0.6 is 0 Å². The highest BCUT2D eigenvalue weighted by Gasteiger charge is 2.29. The van der Waals surface area contributed by atoms with Gasteiger partial charge in [-0.1, -0.05) is 42.5 Å². The number of ether oxygens (including phenoxy) is 1. The fraction of sp³-hybridized carbons (Fsp3) is 0.174. The van der Waals surface area contributed by atoms with Gasteiger partial charge in [-0.2, -0.15) is 0 Å². The fourth-order valence-corrected chi connectivity index (χ4v) is 4.52. The molecule has 3 rings (SSSR count). The van der Waals surface area contributed by atoms with E-state index in [2.05, 4.69) is 5.32 Å². The molecular formula is C23H23FN2O4S. The van der Waals surface area contributed by atoms with E-state index in [0.29, 0.717) is 5.75 Å². The van der Waals surface area contributed by atoms with Crippen molar-refractivity contribution in [2.24, 2.45) is 0 Å². The van der Waals surface area contributed by atoms with Crippen LogP contribution in [0.5, 0.6) is 5.75 Å². The Hall–Kier alpha value is -3.39. The normalized spacial score (nSPS) is 12.1. The summed E-state index contributed by atoms with van der Waals surface area (Å²) in [6.45, 7) is 1.21. The van der Waals surface area contributed by atoms with Crippen molar-refractivity contribution < 1.29 is 22.3 Å². The summed E-state index contributed by atoms with van der Waals surface area (Å²) >= 11 is 0. The molecule has 31 heavy (non-hydrogen) atoms. The largest absolute Gasteiger partial charge is 0.497 e. The lowest BCUT2D eigenvalue weighted by Crippen LogP contribution is -2.42. The quantitative estimate of drug-likeness (QED) is 0.574. The zero-order chi connectivity index (χ0) is 22.4. The molecule has 0 aromatic heterocycles. The van der Waals surface area contributed by atoms with Gasteiger partial charge in [-0.3, -0.25) is 9.10 Å². The summed E-state index contributed by atoms with van der Waals surface area (Å²) in [6, 6.07) is 19.8. The summed E-state index contributed by atoms with van der Waals surface area (Å²) in [4.78, 5) is 12.7. The van der Waals surface area contributed by atoms with Crippen LogP contribution in [0.3, 0.4) is 0 Å². The first-order chi connectivity index (χ1) is 14.8. The van der Waals surface area contributed by atoms with Gasteiger partial charge < -0.3 is 10.1 Å². The summed E-state index contributed by atoms with van der Waals surface area (Å²) in [5, 5.41) is 2.77. The van der Waals surface area contributed by atoms with Crippen molar-refractivity contribution in [3.63, 3.8) is 0 Å². The Morgan fingerprint density at radius 3 is 2.23 bits per heavy atom. The van der Waals surface area contributed by atoms with Gasteiger partial charge in [0.2, 0.25) is 5.91 Å². The predicted molar refractivity (Wildman–Crippen MR) is 117 cm³/mol. The summed E-state index contributed by atoms with van der Waals surface area (Å²) in [6.07, 6.45) is 0. The Kier molecular flexibility index (Phi) is 6.91. The Bertz CT molecular complexity index is 1140. The molecule has 0 saturated heterocycles. The molecule has 162 valence electrons. The molecule has 1 N–H and O–H groups in total. The van der Waals surface area contributed by atoms with E-state index in [4.69, 9.17) is 4.74 Å². The highest BCUT2D eigenvalue weighted by molar-refractivity contribution is 7.92. The number of rotatable bonds is 8. The van der Waals surface area contributed by atoms with Crippen molar-refractivity contribution in [1.82, 2.24) is 5.32 Å². The average Bonchev–Trinajstić information content (AvgIpc) is 2.78. The third-order valence-electron chi connectivity index (χ3n) is 4.73. The van der Waals surface area contributed by atoms with Gasteiger partial charge in [-0.25, -0.2) is 12.8 Å². The minimum absolute atomic E-state index is 0.0331. The van der Waals surface area contributed by atoms with E-state index in [0.717, 1.165) is 15.9 Å². The highest BCUT2D eigenvalue weighted by Crippen LogP contribution is 2.26. The number of nitrogens with zero attached hydrogens (tertiary/aromatic N) is 1. The maximum Gasteiger partial charge on any atom is 0.264 e. The Labute approximate surface area is 181 Å². The minimum atomic E-state index is -4.17. The SMILES string of the molecule is COc1ccc(C(C)NC(=O)CN(c2ccccc2F)S(=O)(=O)c2ccccc2)cc1. The van der Waals surface area contributed by atoms with Crippen LogP contribution in [0.4, 0.5) is 10.1 Å². The zero-order valence-electron chi connectivity index (χ0n) is 17.2. The van der Waals surface area contributed by atoms with Crippen molar-refractivity contribution in [3.05, 3.63) is 90.2 Å². The lowest BCUT2D eigenvalue weighted by atomic mass is 10.1. The van der Waals surface area contributed by atoms with Gasteiger partial charge in [0.15, 0.2) is 0 Å². The van der Waals surface area contributed by atoms with Crippen molar-refractivity contribution in [2.45, 2.75) is 17.9 Å². The number of benzene rings is 3. The van der Waals surface area contributed by atoms with Crippen molar-refractivity contribution in [2.75, 3.05) is 18.0 Å². The molecule has 0 radical (unpaired) electrons. The predicted octanol–water partition coefficient (Wildman–Crippen LogP) is 3.91. The maximum atomic E-state index is 14.5. The first kappa shape index (κ1) is 22.3. The average molecular weight is 443 g/mol. The zero-order valence-corrected chi connectivity index (χ0v) is 18.0. The van der Waals surface area contributed by atoms with Crippen LogP contribution in [0.15, 0.2) is 83.8 Å². The van der Waals surface area contributed by atoms with E-state index in [9.17, 15) is 17.6 Å². The number of carbonyl (C=O) groups is 1. The standard InChI is InChI=1S/C23H23FN2O4S/c1-17(18-12-14-19(30-2)15-13-18)25-23(27)16-26(22-11-7-6-10-21(22)24)31(28,29)20-8-4-3-5-9-20/h3-15,17H,16H2,1-2H3,(H,25,27). The van der Waals surface area contributed by atoms with E-state index in [1.54, 1.807) is 56.5 Å². The van der Waals surface area contributed by atoms with Crippen LogP contribution in [0.25, 0.3) is 0 Å². The number of halogens is 1. The molecule has 0 aliphatic carbocycles. The molecule has 0 fully saturated rings. The van der Waals surface area contributed by atoms with E-state index >= 15 is 0 Å². The van der Waals surface area contributed by atoms with Crippen LogP contribution in [0, 0.1) is 5.82 Å². The van der Waals surface area contributed by atoms with Crippen LogP contribution in [-0.4, -0.2) is 28.0 Å². The van der Waals surface area contributed by atoms with Crippen molar-refractivity contribution in [3.8, 4) is 5.75 Å². The summed E-state index contributed by atoms with van der Waals surface area (Å²) in [5.41, 5.74) is 0.621. The number of nitrogens with one attached hydrogen (secondary N) is 1. The van der Waals surface area contributed by atoms with E-state index < -0.39 is 28.3 Å². The fourth-order valence-electron chi connectivity index (χ4n) is 3.07. The second-order valence-electron chi connectivity index (χ2n) is 6.84. The van der Waals surface area contributed by atoms with Gasteiger partial charge in [0.1, 0.15) is 18.1 Å². The summed E-state index contributed by atoms with van der Waals surface area (Å²) in [5.74, 6) is -0.619. The molecule has 6 nitrogen and oxygen atoms in total. The smallest absolute Gasteiger partial charge is 0.264 e. The number of amides is 1. The minimum Gasteiger partial charge on any atom is -0.497 e. The molecule has 3 aromatic carbocycles. The van der Waals surface area contributed by atoms with Crippen molar-refractivity contribution in [1.29, 1.82) is 0 Å². The number of hydrogen-bond acceptors (Lipinski definition) is 4. The second kappa shape index (κ2) is 9.61. The molecule has 3 aromatic rings. The van der Waals surface area contributed by atoms with Crippen LogP contribution in [-0.2, 0) is 14.8 Å². The molecule has 8 heteroatoms. The molecule has 0 aliphatic heterocycles. The van der Waals surface area contributed by atoms with Crippen LogP contribution < -0.4 is 14.4 Å². The number of anilines is 1. The molecule has 0 heterocycles. The number of carbonyl (C=O) groups excluding carboxylic acids is 1. The molecule has 1 unspecified atom stereocenters. The number of methoxy groups -OCH3 is 1. The molecule has 1 amide bonds. The summed E-state index contributed by atoms with van der Waals surface area (Å²) in [7, 11) is -2.60. The number of hydrogen-bond donors (Lipinski definition) is 1. The maximum absolute atomic E-state index is 14.5. The molecule has 0 spiro atoms. The Morgan fingerprint density at radius 2 is 1.61 bits per heavy atom. The number of para-hydroxylation sites is 1. The van der Waals surface area contributed by atoms with E-state index in [-0.39, 0.29) is 16.6 Å². The first-order valence-corrected chi connectivity index (χ1v) is 11.0. The topological polar surface area (TPSA) is 75.7 Å². The van der Waals surface area contributed by atoms with Gasteiger partial charge >= 0.3 is 0 Å². The van der Waals surface area contributed by atoms with Gasteiger partial charge in [-0.05, 0) is 48.9 Å².